The molecule has 0 aliphatic heterocycles. The van der Waals surface area contributed by atoms with Gasteiger partial charge in [-0.3, -0.25) is 9.59 Å². The van der Waals surface area contributed by atoms with Gasteiger partial charge >= 0.3 is 5.97 Å². The number of hydrogen-bond acceptors (Lipinski definition) is 4. The van der Waals surface area contributed by atoms with E-state index in [2.05, 4.69) is 12.2 Å². The van der Waals surface area contributed by atoms with E-state index in [0.717, 1.165) is 24.2 Å². The number of esters is 1. The van der Waals surface area contributed by atoms with E-state index in [9.17, 15) is 9.59 Å². The van der Waals surface area contributed by atoms with E-state index < -0.39 is 5.97 Å². The quantitative estimate of drug-likeness (QED) is 0.625. The third-order valence-corrected chi connectivity index (χ3v) is 5.49. The lowest BCUT2D eigenvalue weighted by molar-refractivity contribution is -0.146. The van der Waals surface area contributed by atoms with Crippen LogP contribution < -0.4 is 5.32 Å². The van der Waals surface area contributed by atoms with Crippen LogP contribution in [0.2, 0.25) is 5.02 Å². The highest BCUT2D eigenvalue weighted by Gasteiger charge is 2.23. The van der Waals surface area contributed by atoms with Crippen LogP contribution in [0, 0.1) is 5.92 Å². The Morgan fingerprint density at radius 2 is 2.04 bits per heavy atom. The summed E-state index contributed by atoms with van der Waals surface area (Å²) in [5.41, 5.74) is 0. The molecule has 2 unspecified atom stereocenters. The van der Waals surface area contributed by atoms with Crippen LogP contribution in [0.1, 0.15) is 32.6 Å². The van der Waals surface area contributed by atoms with Crippen molar-refractivity contribution in [2.75, 3.05) is 12.4 Å². The second-order valence-corrected chi connectivity index (χ2v) is 7.24. The Morgan fingerprint density at radius 1 is 1.30 bits per heavy atom. The molecule has 0 bridgehead atoms. The largest absolute Gasteiger partial charge is 0.455 e. The summed E-state index contributed by atoms with van der Waals surface area (Å²) >= 11 is 7.32. The first-order chi connectivity index (χ1) is 11.1. The Balaban J connectivity index is 1.67. The molecule has 4 nitrogen and oxygen atoms in total. The number of hydrogen-bond donors (Lipinski definition) is 1. The normalized spacial score (nSPS) is 20.8. The number of thioether (sulfide) groups is 1. The van der Waals surface area contributed by atoms with Gasteiger partial charge in [0.25, 0.3) is 5.91 Å². The number of nitrogens with one attached hydrogen (secondary N) is 1. The Morgan fingerprint density at radius 3 is 2.78 bits per heavy atom. The van der Waals surface area contributed by atoms with Crippen LogP contribution >= 0.6 is 23.4 Å². The predicted molar refractivity (Wildman–Crippen MR) is 92.7 cm³/mol. The van der Waals surface area contributed by atoms with Crippen LogP contribution in [-0.4, -0.2) is 30.3 Å². The fourth-order valence-electron chi connectivity index (χ4n) is 2.67. The van der Waals surface area contributed by atoms with Crippen molar-refractivity contribution in [1.29, 1.82) is 0 Å². The van der Waals surface area contributed by atoms with Crippen LogP contribution in [0.15, 0.2) is 29.2 Å². The highest BCUT2D eigenvalue weighted by Crippen LogP contribution is 2.26. The smallest absolute Gasteiger partial charge is 0.316 e. The van der Waals surface area contributed by atoms with E-state index in [-0.39, 0.29) is 24.3 Å². The van der Waals surface area contributed by atoms with Gasteiger partial charge in [0.2, 0.25) is 0 Å². The van der Waals surface area contributed by atoms with Gasteiger partial charge in [0.05, 0.1) is 10.8 Å². The monoisotopic (exact) mass is 355 g/mol. The number of rotatable bonds is 6. The summed E-state index contributed by atoms with van der Waals surface area (Å²) in [5, 5.41) is 3.57. The van der Waals surface area contributed by atoms with Crippen LogP contribution in [0.25, 0.3) is 0 Å². The molecule has 126 valence electrons. The standard InChI is InChI=1S/C17H22ClNO3S/c1-12-6-2-4-8-14(12)19-16(20)10-22-17(21)11-23-15-9-5-3-7-13(15)18/h3,5,7,9,12,14H,2,4,6,8,10-11H2,1H3,(H,19,20). The molecule has 1 aliphatic rings. The van der Waals surface area contributed by atoms with E-state index >= 15 is 0 Å². The molecule has 1 fully saturated rings. The summed E-state index contributed by atoms with van der Waals surface area (Å²) in [4.78, 5) is 24.4. The van der Waals surface area contributed by atoms with Crippen molar-refractivity contribution >= 4 is 35.2 Å². The molecule has 23 heavy (non-hydrogen) atoms. The third-order valence-electron chi connectivity index (χ3n) is 4.00. The lowest BCUT2D eigenvalue weighted by Crippen LogP contribution is -2.43. The highest BCUT2D eigenvalue weighted by atomic mass is 35.5. The molecule has 0 aromatic heterocycles. The number of carbonyl (C=O) groups excluding carboxylic acids is 2. The molecule has 1 N–H and O–H groups in total. The van der Waals surface area contributed by atoms with Crippen molar-refractivity contribution in [3.8, 4) is 0 Å². The molecular weight excluding hydrogens is 334 g/mol. The number of carbonyl (C=O) groups is 2. The maximum Gasteiger partial charge on any atom is 0.316 e. The zero-order valence-corrected chi connectivity index (χ0v) is 14.8. The fourth-order valence-corrected chi connectivity index (χ4v) is 3.70. The fraction of sp³-hybridized carbons (Fsp3) is 0.529. The summed E-state index contributed by atoms with van der Waals surface area (Å²) in [5.74, 6) is -0.0163. The minimum absolute atomic E-state index is 0.136. The lowest BCUT2D eigenvalue weighted by atomic mass is 9.86. The third kappa shape index (κ3) is 6.07. The average molecular weight is 356 g/mol. The molecule has 1 aromatic carbocycles. The number of benzene rings is 1. The van der Waals surface area contributed by atoms with Crippen LogP contribution in [0.5, 0.6) is 0 Å². The second-order valence-electron chi connectivity index (χ2n) is 5.82. The van der Waals surface area contributed by atoms with Gasteiger partial charge in [0.15, 0.2) is 6.61 Å². The lowest BCUT2D eigenvalue weighted by Gasteiger charge is -2.29. The van der Waals surface area contributed by atoms with Gasteiger partial charge < -0.3 is 10.1 Å². The summed E-state index contributed by atoms with van der Waals surface area (Å²) in [6.45, 7) is 1.93. The Kier molecular flexibility index (Phi) is 7.24. The molecule has 1 aliphatic carbocycles. The summed E-state index contributed by atoms with van der Waals surface area (Å²) in [6.07, 6.45) is 4.51. The van der Waals surface area contributed by atoms with Crippen molar-refractivity contribution in [2.45, 2.75) is 43.5 Å². The maximum absolute atomic E-state index is 11.9. The van der Waals surface area contributed by atoms with Crippen LogP contribution in [0.4, 0.5) is 0 Å². The maximum atomic E-state index is 11.9. The van der Waals surface area contributed by atoms with Gasteiger partial charge in [-0.05, 0) is 30.9 Å². The number of halogens is 1. The predicted octanol–water partition coefficient (Wildman–Crippen LogP) is 3.67. The van der Waals surface area contributed by atoms with Crippen LogP contribution in [-0.2, 0) is 14.3 Å². The Bertz CT molecular complexity index is 552. The van der Waals surface area contributed by atoms with Crippen LogP contribution in [0.3, 0.4) is 0 Å². The molecule has 1 amide bonds. The molecular formula is C17H22ClNO3S. The molecule has 0 heterocycles. The van der Waals surface area contributed by atoms with Gasteiger partial charge in [0.1, 0.15) is 0 Å². The van der Waals surface area contributed by atoms with Gasteiger partial charge in [-0.1, -0.05) is 43.5 Å². The molecule has 0 radical (unpaired) electrons. The van der Waals surface area contributed by atoms with Crippen molar-refractivity contribution in [2.24, 2.45) is 5.92 Å². The second kappa shape index (κ2) is 9.18. The molecule has 1 aromatic rings. The summed E-state index contributed by atoms with van der Waals surface area (Å²) in [7, 11) is 0. The van der Waals surface area contributed by atoms with Gasteiger partial charge in [-0.15, -0.1) is 11.8 Å². The molecule has 1 saturated carbocycles. The highest BCUT2D eigenvalue weighted by molar-refractivity contribution is 8.00. The summed E-state index contributed by atoms with van der Waals surface area (Å²) in [6, 6.07) is 7.51. The molecule has 2 atom stereocenters. The van der Waals surface area contributed by atoms with Gasteiger partial charge in [-0.25, -0.2) is 0 Å². The van der Waals surface area contributed by atoms with E-state index in [1.54, 1.807) is 6.07 Å². The summed E-state index contributed by atoms with van der Waals surface area (Å²) < 4.78 is 5.03. The number of amides is 1. The van der Waals surface area contributed by atoms with E-state index in [1.165, 1.54) is 18.2 Å². The first-order valence-corrected chi connectivity index (χ1v) is 9.25. The van der Waals surface area contributed by atoms with Crippen molar-refractivity contribution in [3.05, 3.63) is 29.3 Å². The first-order valence-electron chi connectivity index (χ1n) is 7.88. The van der Waals surface area contributed by atoms with E-state index in [1.807, 2.05) is 18.2 Å². The van der Waals surface area contributed by atoms with Crippen molar-refractivity contribution in [1.82, 2.24) is 5.32 Å². The van der Waals surface area contributed by atoms with Crippen molar-refractivity contribution in [3.63, 3.8) is 0 Å². The van der Waals surface area contributed by atoms with Gasteiger partial charge in [-0.2, -0.15) is 0 Å². The average Bonchev–Trinajstić information content (AvgIpc) is 2.54. The Labute approximate surface area is 146 Å². The van der Waals surface area contributed by atoms with Gasteiger partial charge in [0, 0.05) is 10.9 Å². The topological polar surface area (TPSA) is 55.4 Å². The molecule has 0 spiro atoms. The number of ether oxygens (including phenoxy) is 1. The zero-order valence-electron chi connectivity index (χ0n) is 13.2. The first kappa shape index (κ1) is 18.1. The molecule has 6 heteroatoms. The van der Waals surface area contributed by atoms with Crippen molar-refractivity contribution < 1.29 is 14.3 Å². The Hall–Kier alpha value is -1.20. The van der Waals surface area contributed by atoms with E-state index in [4.69, 9.17) is 16.3 Å². The minimum Gasteiger partial charge on any atom is -0.455 e. The SMILES string of the molecule is CC1CCCCC1NC(=O)COC(=O)CSc1ccccc1Cl. The van der Waals surface area contributed by atoms with E-state index in [0.29, 0.717) is 10.9 Å². The minimum atomic E-state index is -0.415. The molecule has 0 saturated heterocycles. The zero-order chi connectivity index (χ0) is 16.7. The molecule has 2 rings (SSSR count).